The van der Waals surface area contributed by atoms with Crippen molar-refractivity contribution in [2.75, 3.05) is 13.6 Å². The van der Waals surface area contributed by atoms with E-state index in [1.54, 1.807) is 0 Å². The molecular formula is C19H26N2O. The van der Waals surface area contributed by atoms with Crippen molar-refractivity contribution in [1.82, 2.24) is 4.90 Å². The van der Waals surface area contributed by atoms with Crippen LogP contribution >= 0.6 is 0 Å². The van der Waals surface area contributed by atoms with Crippen LogP contribution in [0.1, 0.15) is 37.7 Å². The number of hydrogen-bond acceptors (Lipinski definition) is 2. The van der Waals surface area contributed by atoms with Crippen LogP contribution in [0.5, 0.6) is 0 Å². The first-order valence-corrected chi connectivity index (χ1v) is 8.13. The van der Waals surface area contributed by atoms with Crippen molar-refractivity contribution in [3.05, 3.63) is 48.0 Å². The van der Waals surface area contributed by atoms with Crippen molar-refractivity contribution in [1.29, 1.82) is 0 Å². The van der Waals surface area contributed by atoms with Crippen LogP contribution in [-0.2, 0) is 11.3 Å². The molecule has 3 heteroatoms. The van der Waals surface area contributed by atoms with Gasteiger partial charge in [0.05, 0.1) is 0 Å². The maximum Gasteiger partial charge on any atom is 0.222 e. The molecule has 2 rings (SSSR count). The summed E-state index contributed by atoms with van der Waals surface area (Å²) in [6.45, 7) is 1.41. The number of carbonyl (C=O) groups is 1. The van der Waals surface area contributed by atoms with Gasteiger partial charge in [-0.1, -0.05) is 55.3 Å². The van der Waals surface area contributed by atoms with Gasteiger partial charge in [-0.05, 0) is 35.7 Å². The number of fused-ring (bicyclic) bond motifs is 1. The molecule has 0 aliphatic heterocycles. The van der Waals surface area contributed by atoms with Crippen molar-refractivity contribution in [3.8, 4) is 0 Å². The van der Waals surface area contributed by atoms with Gasteiger partial charge in [0.1, 0.15) is 0 Å². The van der Waals surface area contributed by atoms with Crippen LogP contribution < -0.4 is 5.73 Å². The summed E-state index contributed by atoms with van der Waals surface area (Å²) in [5.41, 5.74) is 6.68. The first-order valence-electron chi connectivity index (χ1n) is 8.13. The Morgan fingerprint density at radius 2 is 1.73 bits per heavy atom. The van der Waals surface area contributed by atoms with E-state index in [-0.39, 0.29) is 5.91 Å². The van der Waals surface area contributed by atoms with E-state index < -0.39 is 0 Å². The summed E-state index contributed by atoms with van der Waals surface area (Å²) in [6, 6.07) is 14.6. The molecule has 2 aromatic carbocycles. The molecule has 0 atom stereocenters. The van der Waals surface area contributed by atoms with Crippen LogP contribution in [0.25, 0.3) is 10.8 Å². The third-order valence-corrected chi connectivity index (χ3v) is 4.06. The second-order valence-electron chi connectivity index (χ2n) is 5.84. The van der Waals surface area contributed by atoms with E-state index in [1.807, 2.05) is 24.1 Å². The number of nitrogens with two attached hydrogens (primary N) is 1. The average Bonchev–Trinajstić information content (AvgIpc) is 2.54. The highest BCUT2D eigenvalue weighted by Gasteiger charge is 2.10. The summed E-state index contributed by atoms with van der Waals surface area (Å²) in [7, 11) is 1.89. The smallest absolute Gasteiger partial charge is 0.222 e. The SMILES string of the molecule is CN(Cc1cccc2ccccc12)C(=O)CCCCCCN. The summed E-state index contributed by atoms with van der Waals surface area (Å²) >= 11 is 0. The molecule has 22 heavy (non-hydrogen) atoms. The van der Waals surface area contributed by atoms with E-state index >= 15 is 0 Å². The minimum atomic E-state index is 0.223. The fourth-order valence-electron chi connectivity index (χ4n) is 2.74. The number of benzene rings is 2. The molecule has 0 fully saturated rings. The van der Waals surface area contributed by atoms with Crippen LogP contribution in [0.3, 0.4) is 0 Å². The van der Waals surface area contributed by atoms with Gasteiger partial charge in [0.15, 0.2) is 0 Å². The standard InChI is InChI=1S/C19H26N2O/c1-21(19(22)13-4-2-3-7-14-20)15-17-11-8-10-16-9-5-6-12-18(16)17/h5-6,8-12H,2-4,7,13-15,20H2,1H3. The Bertz CT molecular complexity index is 604. The van der Waals surface area contributed by atoms with Crippen LogP contribution in [0.15, 0.2) is 42.5 Å². The van der Waals surface area contributed by atoms with Gasteiger partial charge in [-0.2, -0.15) is 0 Å². The first-order chi connectivity index (χ1) is 10.7. The van der Waals surface area contributed by atoms with E-state index in [0.717, 1.165) is 32.2 Å². The molecule has 0 spiro atoms. The number of nitrogens with zero attached hydrogens (tertiary/aromatic N) is 1. The zero-order chi connectivity index (χ0) is 15.8. The number of hydrogen-bond donors (Lipinski definition) is 1. The second kappa shape index (κ2) is 8.54. The summed E-state index contributed by atoms with van der Waals surface area (Å²) in [4.78, 5) is 14.1. The molecule has 2 aromatic rings. The largest absolute Gasteiger partial charge is 0.341 e. The molecule has 1 amide bonds. The molecule has 118 valence electrons. The lowest BCUT2D eigenvalue weighted by molar-refractivity contribution is -0.130. The van der Waals surface area contributed by atoms with Crippen molar-refractivity contribution in [3.63, 3.8) is 0 Å². The van der Waals surface area contributed by atoms with E-state index in [4.69, 9.17) is 5.73 Å². The van der Waals surface area contributed by atoms with Gasteiger partial charge in [-0.3, -0.25) is 4.79 Å². The lowest BCUT2D eigenvalue weighted by atomic mass is 10.0. The van der Waals surface area contributed by atoms with Gasteiger partial charge in [-0.15, -0.1) is 0 Å². The highest BCUT2D eigenvalue weighted by Crippen LogP contribution is 2.20. The van der Waals surface area contributed by atoms with Crippen molar-refractivity contribution < 1.29 is 4.79 Å². The lowest BCUT2D eigenvalue weighted by Gasteiger charge is -2.18. The van der Waals surface area contributed by atoms with Crippen molar-refractivity contribution >= 4 is 16.7 Å². The average molecular weight is 298 g/mol. The van der Waals surface area contributed by atoms with Gasteiger partial charge in [0.25, 0.3) is 0 Å². The van der Waals surface area contributed by atoms with Gasteiger partial charge in [0.2, 0.25) is 5.91 Å². The van der Waals surface area contributed by atoms with Crippen LogP contribution in [0.4, 0.5) is 0 Å². The molecule has 0 aromatic heterocycles. The number of amides is 1. The predicted molar refractivity (Wildman–Crippen MR) is 92.6 cm³/mol. The molecule has 0 heterocycles. The Balaban J connectivity index is 1.90. The van der Waals surface area contributed by atoms with Gasteiger partial charge >= 0.3 is 0 Å². The fourth-order valence-corrected chi connectivity index (χ4v) is 2.74. The highest BCUT2D eigenvalue weighted by molar-refractivity contribution is 5.86. The van der Waals surface area contributed by atoms with Gasteiger partial charge in [0, 0.05) is 20.0 Å². The van der Waals surface area contributed by atoms with E-state index in [2.05, 4.69) is 30.3 Å². The molecule has 0 bridgehead atoms. The third kappa shape index (κ3) is 4.57. The summed E-state index contributed by atoms with van der Waals surface area (Å²) in [5, 5.41) is 2.45. The lowest BCUT2D eigenvalue weighted by Crippen LogP contribution is -2.25. The molecule has 0 saturated carbocycles. The van der Waals surface area contributed by atoms with Gasteiger partial charge < -0.3 is 10.6 Å². The normalized spacial score (nSPS) is 10.8. The van der Waals surface area contributed by atoms with E-state index in [1.165, 1.54) is 16.3 Å². The van der Waals surface area contributed by atoms with Crippen LogP contribution in [0, 0.1) is 0 Å². The number of unbranched alkanes of at least 4 members (excludes halogenated alkanes) is 3. The quantitative estimate of drug-likeness (QED) is 0.755. The van der Waals surface area contributed by atoms with Crippen LogP contribution in [0.2, 0.25) is 0 Å². The van der Waals surface area contributed by atoms with Crippen molar-refractivity contribution in [2.45, 2.75) is 38.6 Å². The summed E-state index contributed by atoms with van der Waals surface area (Å²) < 4.78 is 0. The maximum atomic E-state index is 12.2. The Morgan fingerprint density at radius 3 is 2.55 bits per heavy atom. The van der Waals surface area contributed by atoms with Crippen molar-refractivity contribution in [2.24, 2.45) is 5.73 Å². The summed E-state index contributed by atoms with van der Waals surface area (Å²) in [6.07, 6.45) is 4.85. The highest BCUT2D eigenvalue weighted by atomic mass is 16.2. The Labute approximate surface area is 133 Å². The molecule has 0 aliphatic rings. The monoisotopic (exact) mass is 298 g/mol. The molecule has 3 nitrogen and oxygen atoms in total. The number of rotatable bonds is 8. The zero-order valence-corrected chi connectivity index (χ0v) is 13.4. The van der Waals surface area contributed by atoms with Gasteiger partial charge in [-0.25, -0.2) is 0 Å². The first kappa shape index (κ1) is 16.5. The number of carbonyl (C=O) groups excluding carboxylic acids is 1. The third-order valence-electron chi connectivity index (χ3n) is 4.06. The maximum absolute atomic E-state index is 12.2. The molecule has 0 radical (unpaired) electrons. The molecule has 0 aliphatic carbocycles. The molecular weight excluding hydrogens is 272 g/mol. The molecule has 0 unspecified atom stereocenters. The topological polar surface area (TPSA) is 46.3 Å². The fraction of sp³-hybridized carbons (Fsp3) is 0.421. The minimum absolute atomic E-state index is 0.223. The summed E-state index contributed by atoms with van der Waals surface area (Å²) in [5.74, 6) is 0.223. The second-order valence-corrected chi connectivity index (χ2v) is 5.84. The van der Waals surface area contributed by atoms with Crippen LogP contribution in [-0.4, -0.2) is 24.4 Å². The molecule has 0 saturated heterocycles. The van der Waals surface area contributed by atoms with E-state index in [0.29, 0.717) is 13.0 Å². The predicted octanol–water partition coefficient (Wildman–Crippen LogP) is 3.71. The minimum Gasteiger partial charge on any atom is -0.341 e. The molecule has 2 N–H and O–H groups in total. The Hall–Kier alpha value is -1.87. The van der Waals surface area contributed by atoms with E-state index in [9.17, 15) is 4.79 Å². The Morgan fingerprint density at radius 1 is 1.00 bits per heavy atom. The Kier molecular flexibility index (Phi) is 6.41. The zero-order valence-electron chi connectivity index (χ0n) is 13.4.